The zero-order valence-electron chi connectivity index (χ0n) is 11.6. The first kappa shape index (κ1) is 15.2. The molecule has 0 bridgehead atoms. The van der Waals surface area contributed by atoms with Crippen LogP contribution in [0.2, 0.25) is 0 Å². The fraction of sp³-hybridized carbons (Fsp3) is 0.625. The number of hydrogen-bond acceptors (Lipinski definition) is 2. The monoisotopic (exact) mass is 249 g/mol. The van der Waals surface area contributed by atoms with E-state index in [4.69, 9.17) is 0 Å². The minimum atomic E-state index is -0.226. The van der Waals surface area contributed by atoms with Crippen LogP contribution < -0.4 is 5.32 Å². The first-order valence-corrected chi connectivity index (χ1v) is 7.25. The molecule has 0 heterocycles. The van der Waals surface area contributed by atoms with Gasteiger partial charge in [-0.15, -0.1) is 0 Å². The molecule has 0 aromatic heterocycles. The molecule has 0 aliphatic carbocycles. The molecular weight excluding hydrogens is 222 g/mol. The van der Waals surface area contributed by atoms with Crippen LogP contribution in [0.1, 0.15) is 44.6 Å². The third kappa shape index (κ3) is 7.46. The summed E-state index contributed by atoms with van der Waals surface area (Å²) in [6.07, 6.45) is 6.68. The van der Waals surface area contributed by atoms with Gasteiger partial charge in [0.2, 0.25) is 0 Å². The van der Waals surface area contributed by atoms with Gasteiger partial charge >= 0.3 is 0 Å². The van der Waals surface area contributed by atoms with Crippen LogP contribution in [0.5, 0.6) is 0 Å². The van der Waals surface area contributed by atoms with Gasteiger partial charge in [0.25, 0.3) is 0 Å². The van der Waals surface area contributed by atoms with Crippen LogP contribution in [0, 0.1) is 0 Å². The molecule has 0 fully saturated rings. The summed E-state index contributed by atoms with van der Waals surface area (Å²) in [5, 5.41) is 13.2. The number of aliphatic hydroxyl groups excluding tert-OH is 1. The summed E-state index contributed by atoms with van der Waals surface area (Å²) in [4.78, 5) is 0. The largest absolute Gasteiger partial charge is 0.392 e. The number of nitrogens with one attached hydrogen (secondary N) is 1. The standard InChI is InChI=1S/C16H27NO/c1-2-3-4-8-13-17-14-16(18)12-11-15-9-6-5-7-10-15/h5-7,9-10,16-18H,2-4,8,11-14H2,1H3. The molecule has 2 heteroatoms. The van der Waals surface area contributed by atoms with Gasteiger partial charge in [-0.2, -0.15) is 0 Å². The fourth-order valence-corrected chi connectivity index (χ4v) is 2.03. The Bertz CT molecular complexity index is 286. The van der Waals surface area contributed by atoms with Gasteiger partial charge in [0.1, 0.15) is 0 Å². The predicted molar refractivity (Wildman–Crippen MR) is 77.8 cm³/mol. The molecule has 2 N–H and O–H groups in total. The van der Waals surface area contributed by atoms with Crippen molar-refractivity contribution in [2.45, 2.75) is 51.6 Å². The fourth-order valence-electron chi connectivity index (χ4n) is 2.03. The van der Waals surface area contributed by atoms with Gasteiger partial charge in [0, 0.05) is 6.54 Å². The second-order valence-corrected chi connectivity index (χ2v) is 4.94. The van der Waals surface area contributed by atoms with Crippen LogP contribution in [0.25, 0.3) is 0 Å². The first-order chi connectivity index (χ1) is 8.83. The van der Waals surface area contributed by atoms with Crippen molar-refractivity contribution in [3.05, 3.63) is 35.9 Å². The van der Waals surface area contributed by atoms with Gasteiger partial charge < -0.3 is 10.4 Å². The molecule has 0 amide bonds. The Morgan fingerprint density at radius 3 is 2.61 bits per heavy atom. The van der Waals surface area contributed by atoms with Crippen molar-refractivity contribution >= 4 is 0 Å². The van der Waals surface area contributed by atoms with Gasteiger partial charge in [0.05, 0.1) is 6.10 Å². The molecule has 0 saturated heterocycles. The van der Waals surface area contributed by atoms with Crippen molar-refractivity contribution in [2.24, 2.45) is 0 Å². The Balaban J connectivity index is 1.99. The van der Waals surface area contributed by atoms with E-state index in [1.165, 1.54) is 31.2 Å². The van der Waals surface area contributed by atoms with Crippen LogP contribution in [-0.2, 0) is 6.42 Å². The van der Waals surface area contributed by atoms with E-state index in [9.17, 15) is 5.11 Å². The lowest BCUT2D eigenvalue weighted by Gasteiger charge is -2.11. The SMILES string of the molecule is CCCCCCNCC(O)CCc1ccccc1. The second-order valence-electron chi connectivity index (χ2n) is 4.94. The van der Waals surface area contributed by atoms with Crippen molar-refractivity contribution in [2.75, 3.05) is 13.1 Å². The maximum absolute atomic E-state index is 9.85. The summed E-state index contributed by atoms with van der Waals surface area (Å²) in [5.41, 5.74) is 1.31. The second kappa shape index (κ2) is 10.1. The van der Waals surface area contributed by atoms with Gasteiger partial charge in [-0.1, -0.05) is 56.5 Å². The summed E-state index contributed by atoms with van der Waals surface area (Å²) >= 11 is 0. The highest BCUT2D eigenvalue weighted by atomic mass is 16.3. The van der Waals surface area contributed by atoms with Crippen molar-refractivity contribution in [3.63, 3.8) is 0 Å². The Hall–Kier alpha value is -0.860. The average molecular weight is 249 g/mol. The van der Waals surface area contributed by atoms with Gasteiger partial charge in [0.15, 0.2) is 0 Å². The highest BCUT2D eigenvalue weighted by molar-refractivity contribution is 5.14. The van der Waals surface area contributed by atoms with E-state index in [1.54, 1.807) is 0 Å². The number of benzene rings is 1. The predicted octanol–water partition coefficient (Wildman–Crippen LogP) is 3.15. The molecule has 1 atom stereocenters. The Morgan fingerprint density at radius 1 is 1.11 bits per heavy atom. The van der Waals surface area contributed by atoms with Gasteiger partial charge in [-0.25, -0.2) is 0 Å². The quantitative estimate of drug-likeness (QED) is 0.624. The van der Waals surface area contributed by atoms with Crippen molar-refractivity contribution in [1.82, 2.24) is 5.32 Å². The highest BCUT2D eigenvalue weighted by Gasteiger charge is 2.03. The first-order valence-electron chi connectivity index (χ1n) is 7.25. The third-order valence-electron chi connectivity index (χ3n) is 3.20. The zero-order valence-corrected chi connectivity index (χ0v) is 11.6. The third-order valence-corrected chi connectivity index (χ3v) is 3.20. The van der Waals surface area contributed by atoms with Crippen LogP contribution in [0.3, 0.4) is 0 Å². The van der Waals surface area contributed by atoms with E-state index in [-0.39, 0.29) is 6.10 Å². The molecule has 0 radical (unpaired) electrons. The van der Waals surface area contributed by atoms with Crippen LogP contribution in [0.4, 0.5) is 0 Å². The molecule has 1 rings (SSSR count). The van der Waals surface area contributed by atoms with Crippen molar-refractivity contribution in [3.8, 4) is 0 Å². The van der Waals surface area contributed by atoms with Crippen molar-refractivity contribution in [1.29, 1.82) is 0 Å². The van der Waals surface area contributed by atoms with E-state index in [0.29, 0.717) is 0 Å². The molecule has 2 nitrogen and oxygen atoms in total. The molecule has 18 heavy (non-hydrogen) atoms. The smallest absolute Gasteiger partial charge is 0.0667 e. The number of aliphatic hydroxyl groups is 1. The number of unbranched alkanes of at least 4 members (excludes halogenated alkanes) is 3. The molecule has 1 unspecified atom stereocenters. The zero-order chi connectivity index (χ0) is 13.1. The molecule has 0 aliphatic heterocycles. The van der Waals surface area contributed by atoms with Crippen molar-refractivity contribution < 1.29 is 5.11 Å². The number of aryl methyl sites for hydroxylation is 1. The molecule has 1 aromatic carbocycles. The van der Waals surface area contributed by atoms with Crippen LogP contribution in [0.15, 0.2) is 30.3 Å². The summed E-state index contributed by atoms with van der Waals surface area (Å²) in [6.45, 7) is 3.97. The maximum Gasteiger partial charge on any atom is 0.0667 e. The number of rotatable bonds is 10. The van der Waals surface area contributed by atoms with E-state index in [1.807, 2.05) is 18.2 Å². The summed E-state index contributed by atoms with van der Waals surface area (Å²) < 4.78 is 0. The molecule has 0 aliphatic rings. The number of hydrogen-bond donors (Lipinski definition) is 2. The lowest BCUT2D eigenvalue weighted by atomic mass is 10.1. The molecule has 0 saturated carbocycles. The Morgan fingerprint density at radius 2 is 1.89 bits per heavy atom. The average Bonchev–Trinajstić information content (AvgIpc) is 2.41. The molecule has 1 aromatic rings. The van der Waals surface area contributed by atoms with E-state index >= 15 is 0 Å². The lowest BCUT2D eigenvalue weighted by molar-refractivity contribution is 0.162. The minimum Gasteiger partial charge on any atom is -0.392 e. The van der Waals surface area contributed by atoms with E-state index < -0.39 is 0 Å². The summed E-state index contributed by atoms with van der Waals surface area (Å²) in [6, 6.07) is 10.4. The van der Waals surface area contributed by atoms with Gasteiger partial charge in [-0.05, 0) is 31.4 Å². The normalized spacial score (nSPS) is 12.6. The summed E-state index contributed by atoms with van der Waals surface area (Å²) in [5.74, 6) is 0. The van der Waals surface area contributed by atoms with Crippen LogP contribution in [-0.4, -0.2) is 24.3 Å². The molecular formula is C16H27NO. The maximum atomic E-state index is 9.85. The Labute approximate surface area is 111 Å². The Kier molecular flexibility index (Phi) is 8.53. The lowest BCUT2D eigenvalue weighted by Crippen LogP contribution is -2.27. The minimum absolute atomic E-state index is 0.226. The van der Waals surface area contributed by atoms with Gasteiger partial charge in [-0.3, -0.25) is 0 Å². The summed E-state index contributed by atoms with van der Waals surface area (Å²) in [7, 11) is 0. The van der Waals surface area contributed by atoms with E-state index in [0.717, 1.165) is 25.9 Å². The highest BCUT2D eigenvalue weighted by Crippen LogP contribution is 2.04. The van der Waals surface area contributed by atoms with E-state index in [2.05, 4.69) is 24.4 Å². The molecule has 102 valence electrons. The topological polar surface area (TPSA) is 32.3 Å². The van der Waals surface area contributed by atoms with Crippen LogP contribution >= 0.6 is 0 Å². The molecule has 0 spiro atoms.